The van der Waals surface area contributed by atoms with E-state index >= 15 is 0 Å². The van der Waals surface area contributed by atoms with Crippen molar-refractivity contribution in [1.82, 2.24) is 0 Å². The first-order valence-corrected chi connectivity index (χ1v) is 45.7. The normalized spacial score (nSPS) is 12.9. The third-order valence-corrected chi connectivity index (χ3v) is 23.7. The lowest BCUT2D eigenvalue weighted by Gasteiger charge is -2.57. The van der Waals surface area contributed by atoms with E-state index in [-0.39, 0.29) is 0 Å². The molecule has 0 spiro atoms. The molecular weight excluding hydrogens is 1290 g/mol. The first-order chi connectivity index (χ1) is 52.6. The number of unbranched alkanes of at least 4 members (excludes halogenated alkanes) is 52. The van der Waals surface area contributed by atoms with E-state index in [1.807, 2.05) is 0 Å². The number of hydrogen-bond acceptors (Lipinski definition) is 4. The van der Waals surface area contributed by atoms with Gasteiger partial charge in [0.25, 0.3) is 0 Å². The lowest BCUT2D eigenvalue weighted by molar-refractivity contribution is 0.302. The Kier molecular flexibility index (Phi) is 46.9. The second-order valence-electron chi connectivity index (χ2n) is 32.5. The second-order valence-corrected chi connectivity index (χ2v) is 32.5. The van der Waals surface area contributed by atoms with Crippen molar-refractivity contribution in [1.29, 1.82) is 0 Å². The number of benzene rings is 6. The second kappa shape index (κ2) is 56.7. The van der Waals surface area contributed by atoms with Gasteiger partial charge in [-0.2, -0.15) is 0 Å². The smallest absolute Gasteiger partial charge is 0.119 e. The highest BCUT2D eigenvalue weighted by Gasteiger charge is 2.61. The van der Waals surface area contributed by atoms with Gasteiger partial charge in [0, 0.05) is 0 Å². The Morgan fingerprint density at radius 1 is 0.170 bits per heavy atom. The van der Waals surface area contributed by atoms with E-state index in [2.05, 4.69) is 173 Å². The van der Waals surface area contributed by atoms with Gasteiger partial charge in [0.15, 0.2) is 0 Å². The summed E-state index contributed by atoms with van der Waals surface area (Å²) in [5.74, 6) is 3.71. The molecule has 588 valence electrons. The number of rotatable bonds is 68. The molecule has 0 atom stereocenters. The Bertz CT molecular complexity index is 2670. The van der Waals surface area contributed by atoms with Crippen LogP contribution in [0, 0.1) is 0 Å². The van der Waals surface area contributed by atoms with Crippen LogP contribution in [0.4, 0.5) is 0 Å². The van der Waals surface area contributed by atoms with Crippen LogP contribution in [0.15, 0.2) is 146 Å². The van der Waals surface area contributed by atoms with Crippen molar-refractivity contribution in [2.45, 2.75) is 398 Å². The minimum atomic E-state index is -0.814. The third kappa shape index (κ3) is 31.1. The molecule has 0 N–H and O–H groups in total. The molecule has 7 rings (SSSR count). The Balaban J connectivity index is 1.13. The van der Waals surface area contributed by atoms with Crippen molar-refractivity contribution >= 4 is 0 Å². The van der Waals surface area contributed by atoms with Crippen LogP contribution in [0.2, 0.25) is 0 Å². The van der Waals surface area contributed by atoms with Crippen LogP contribution in [0.1, 0.15) is 421 Å². The summed E-state index contributed by atoms with van der Waals surface area (Å²) in [7, 11) is 0. The fourth-order valence-electron chi connectivity index (χ4n) is 17.5. The van der Waals surface area contributed by atoms with E-state index in [1.54, 1.807) is 0 Å². The largest absolute Gasteiger partial charge is 0.494 e. The minimum Gasteiger partial charge on any atom is -0.494 e. The summed E-state index contributed by atoms with van der Waals surface area (Å²) in [6, 6.07) is 56.0. The predicted octanol–water partition coefficient (Wildman–Crippen LogP) is 32.5. The summed E-state index contributed by atoms with van der Waals surface area (Å²) >= 11 is 0. The Labute approximate surface area is 652 Å². The van der Waals surface area contributed by atoms with Gasteiger partial charge in [0.2, 0.25) is 0 Å². The van der Waals surface area contributed by atoms with Gasteiger partial charge in [-0.1, -0.05) is 459 Å². The molecule has 6 aromatic rings. The molecule has 0 heterocycles. The zero-order valence-corrected chi connectivity index (χ0v) is 68.9. The van der Waals surface area contributed by atoms with Gasteiger partial charge < -0.3 is 18.9 Å². The molecule has 0 aliphatic heterocycles. The molecule has 0 amide bonds. The summed E-state index contributed by atoms with van der Waals surface area (Å²) < 4.78 is 26.9. The third-order valence-electron chi connectivity index (χ3n) is 23.7. The highest BCUT2D eigenvalue weighted by molar-refractivity contribution is 5.86. The van der Waals surface area contributed by atoms with Gasteiger partial charge >= 0.3 is 0 Å². The molecule has 0 radical (unpaired) electrons. The van der Waals surface area contributed by atoms with Crippen LogP contribution in [0.3, 0.4) is 0 Å². The van der Waals surface area contributed by atoms with Gasteiger partial charge in [0.05, 0.1) is 37.3 Å². The van der Waals surface area contributed by atoms with Crippen molar-refractivity contribution in [2.24, 2.45) is 0 Å². The van der Waals surface area contributed by atoms with Gasteiger partial charge in [-0.05, 0) is 119 Å². The van der Waals surface area contributed by atoms with Crippen LogP contribution in [-0.4, -0.2) is 26.4 Å². The molecule has 0 saturated heterocycles. The Morgan fingerprint density at radius 3 is 0.491 bits per heavy atom. The lowest BCUT2D eigenvalue weighted by atomic mass is 9.43. The maximum absolute atomic E-state index is 6.73. The van der Waals surface area contributed by atoms with E-state index in [1.165, 1.54) is 378 Å². The maximum atomic E-state index is 6.73. The average molecular weight is 1450 g/mol. The van der Waals surface area contributed by atoms with E-state index in [4.69, 9.17) is 18.9 Å². The molecule has 0 unspecified atom stereocenters. The Hall–Kier alpha value is -5.48. The molecule has 4 heteroatoms. The zero-order chi connectivity index (χ0) is 74.2. The number of fused-ring (bicyclic) bond motifs is 3. The van der Waals surface area contributed by atoms with Crippen LogP contribution < -0.4 is 18.9 Å². The quantitative estimate of drug-likeness (QED) is 0.0357. The van der Waals surface area contributed by atoms with E-state index in [9.17, 15) is 0 Å². The molecule has 106 heavy (non-hydrogen) atoms. The first kappa shape index (κ1) is 87.7. The summed E-state index contributed by atoms with van der Waals surface area (Å²) in [6.07, 6.45) is 75.4. The summed E-state index contributed by atoms with van der Waals surface area (Å²) in [4.78, 5) is 0. The monoisotopic (exact) mass is 1450 g/mol. The van der Waals surface area contributed by atoms with Crippen LogP contribution in [0.5, 0.6) is 23.0 Å². The molecule has 0 bridgehead atoms. The lowest BCUT2D eigenvalue weighted by Crippen LogP contribution is -2.54. The zero-order valence-electron chi connectivity index (χ0n) is 68.9. The predicted molar refractivity (Wildman–Crippen MR) is 461 cm³/mol. The first-order valence-electron chi connectivity index (χ1n) is 45.7. The fourth-order valence-corrected chi connectivity index (χ4v) is 17.5. The van der Waals surface area contributed by atoms with E-state index in [0.717, 1.165) is 75.1 Å². The van der Waals surface area contributed by atoms with Crippen molar-refractivity contribution in [2.75, 3.05) is 26.4 Å². The van der Waals surface area contributed by atoms with Crippen LogP contribution in [-0.2, 0) is 10.8 Å². The molecule has 0 saturated carbocycles. The fraction of sp³-hybridized carbons (Fsp3) is 0.647. The summed E-state index contributed by atoms with van der Waals surface area (Å²) in [5, 5.41) is 0. The molecule has 1 aliphatic rings. The van der Waals surface area contributed by atoms with Crippen LogP contribution >= 0.6 is 0 Å². The summed E-state index contributed by atoms with van der Waals surface area (Å²) in [6.45, 7) is 12.1. The molecule has 0 aromatic heterocycles. The van der Waals surface area contributed by atoms with E-state index in [0.29, 0.717) is 0 Å². The molecule has 0 fully saturated rings. The van der Waals surface area contributed by atoms with Gasteiger partial charge in [-0.15, -0.1) is 0 Å². The molecule has 6 aromatic carbocycles. The Morgan fingerprint density at radius 2 is 0.321 bits per heavy atom. The highest BCUT2D eigenvalue weighted by atomic mass is 16.5. The molecule has 1 aliphatic carbocycles. The van der Waals surface area contributed by atoms with Crippen molar-refractivity contribution < 1.29 is 18.9 Å². The van der Waals surface area contributed by atoms with Crippen LogP contribution in [0.25, 0.3) is 11.1 Å². The van der Waals surface area contributed by atoms with Crippen molar-refractivity contribution in [3.63, 3.8) is 0 Å². The van der Waals surface area contributed by atoms with E-state index < -0.39 is 10.8 Å². The van der Waals surface area contributed by atoms with Gasteiger partial charge in [0.1, 0.15) is 23.0 Å². The van der Waals surface area contributed by atoms with Crippen molar-refractivity contribution in [3.8, 4) is 34.1 Å². The maximum Gasteiger partial charge on any atom is 0.119 e. The molecule has 4 nitrogen and oxygen atoms in total. The average Bonchev–Trinajstić information content (AvgIpc) is 0.664. The van der Waals surface area contributed by atoms with Crippen molar-refractivity contribution in [3.05, 3.63) is 179 Å². The van der Waals surface area contributed by atoms with Gasteiger partial charge in [-0.3, -0.25) is 0 Å². The summed E-state index contributed by atoms with van der Waals surface area (Å²) in [5.41, 5.74) is 8.29. The minimum absolute atomic E-state index is 0.727. The molecular formula is C102H156O4. The standard InChI is InChI=1S/C102H156O4/c1-5-9-13-17-21-25-29-33-37-41-45-49-53-61-85-103-93-77-69-89(70-78-93)101(90-71-79-94(80-72-90)104-86-62-54-50-46-42-38-34-30-26-22-18-14-10-6-2)99-67-59-57-65-97(99)98-66-58-60-68-100(98)102(101,91-73-81-95(82-74-91)105-87-63-55-51-47-43-39-35-31-27-23-19-15-11-7-3)92-75-83-96(84-76-92)106-88-64-56-52-48-44-40-36-32-28-24-20-16-12-8-4/h57-60,65-84H,5-56,61-64,85-88H2,1-4H3. The SMILES string of the molecule is CCCCCCCCCCCCCCCCOc1ccc(C2(c3ccc(OCCCCCCCCCCCCCCCC)cc3)c3ccccc3-c3ccccc3C2(c2ccc(OCCCCCCCCCCCCCCCC)cc2)c2ccc(OCCCCCCCCCCCCCCCC)cc2)cc1. The number of hydrogen-bond donors (Lipinski definition) is 0. The topological polar surface area (TPSA) is 36.9 Å². The van der Waals surface area contributed by atoms with Gasteiger partial charge in [-0.25, -0.2) is 0 Å². The highest BCUT2D eigenvalue weighted by Crippen LogP contribution is 2.66. The number of ether oxygens (including phenoxy) is 4.